The van der Waals surface area contributed by atoms with Gasteiger partial charge in [-0.2, -0.15) is 4.31 Å². The lowest BCUT2D eigenvalue weighted by atomic mass is 10.0. The highest BCUT2D eigenvalue weighted by molar-refractivity contribution is 7.89. The summed E-state index contributed by atoms with van der Waals surface area (Å²) in [5.41, 5.74) is 0. The molecule has 1 aliphatic heterocycles. The van der Waals surface area contributed by atoms with E-state index < -0.39 is 22.2 Å². The summed E-state index contributed by atoms with van der Waals surface area (Å²) in [6.07, 6.45) is 3.02. The Bertz CT molecular complexity index is 760. The van der Waals surface area contributed by atoms with Gasteiger partial charge in [0.15, 0.2) is 0 Å². The van der Waals surface area contributed by atoms with Crippen LogP contribution in [0.1, 0.15) is 30.4 Å². The number of nitrogens with zero attached hydrogens (tertiary/aromatic N) is 2. The minimum Gasteiger partial charge on any atom is -0.497 e. The van der Waals surface area contributed by atoms with E-state index in [1.165, 1.54) is 34.9 Å². The van der Waals surface area contributed by atoms with E-state index in [1.807, 2.05) is 0 Å². The fourth-order valence-corrected chi connectivity index (χ4v) is 5.35. The topological polar surface area (TPSA) is 79.7 Å². The lowest BCUT2D eigenvalue weighted by Gasteiger charge is -2.36. The number of piperidine rings is 1. The van der Waals surface area contributed by atoms with Crippen molar-refractivity contribution in [3.63, 3.8) is 0 Å². The molecule has 1 aromatic heterocycles. The molecule has 1 aromatic carbocycles. The van der Waals surface area contributed by atoms with Gasteiger partial charge in [-0.15, -0.1) is 11.3 Å². The van der Waals surface area contributed by atoms with Gasteiger partial charge >= 0.3 is 0 Å². The second-order valence-corrected chi connectivity index (χ2v) is 8.49. The molecule has 0 amide bonds. The molecule has 3 rings (SSSR count). The number of hydrogen-bond acceptors (Lipinski definition) is 6. The Morgan fingerprint density at radius 1 is 1.33 bits per heavy atom. The molecule has 24 heavy (non-hydrogen) atoms. The highest BCUT2D eigenvalue weighted by Crippen LogP contribution is 2.33. The highest BCUT2D eigenvalue weighted by Gasteiger charge is 2.38. The quantitative estimate of drug-likeness (QED) is 0.877. The van der Waals surface area contributed by atoms with Gasteiger partial charge in [0.25, 0.3) is 0 Å². The maximum absolute atomic E-state index is 13.0. The van der Waals surface area contributed by atoms with Crippen LogP contribution in [0, 0.1) is 0 Å². The summed E-state index contributed by atoms with van der Waals surface area (Å²) >= 11 is 1.34. The van der Waals surface area contributed by atoms with E-state index in [4.69, 9.17) is 4.74 Å². The van der Waals surface area contributed by atoms with Crippen molar-refractivity contribution in [2.75, 3.05) is 13.7 Å². The normalized spacial score (nSPS) is 20.7. The first-order chi connectivity index (χ1) is 11.5. The second-order valence-electron chi connectivity index (χ2n) is 5.67. The molecule has 8 heteroatoms. The number of hydrogen-bond donors (Lipinski definition) is 1. The molecular weight excluding hydrogens is 348 g/mol. The van der Waals surface area contributed by atoms with Crippen molar-refractivity contribution >= 4 is 21.4 Å². The zero-order valence-corrected chi connectivity index (χ0v) is 15.0. The molecule has 0 radical (unpaired) electrons. The predicted octanol–water partition coefficient (Wildman–Crippen LogP) is 2.43. The molecule has 2 aromatic rings. The zero-order valence-electron chi connectivity index (χ0n) is 13.3. The van der Waals surface area contributed by atoms with Gasteiger partial charge < -0.3 is 9.84 Å². The minimum absolute atomic E-state index is 0.210. The molecule has 0 saturated carbocycles. The maximum atomic E-state index is 13.0. The van der Waals surface area contributed by atoms with Gasteiger partial charge in [0.2, 0.25) is 10.0 Å². The number of rotatable bonds is 5. The van der Waals surface area contributed by atoms with Crippen molar-refractivity contribution in [3.05, 3.63) is 40.8 Å². The Kier molecular flexibility index (Phi) is 5.19. The number of aliphatic hydroxyl groups is 1. The molecule has 0 aliphatic carbocycles. The molecule has 2 unspecified atom stereocenters. The van der Waals surface area contributed by atoms with Crippen molar-refractivity contribution in [2.45, 2.75) is 36.3 Å². The van der Waals surface area contributed by atoms with Crippen LogP contribution in [0.25, 0.3) is 0 Å². The third kappa shape index (κ3) is 3.32. The summed E-state index contributed by atoms with van der Waals surface area (Å²) in [4.78, 5) is 4.34. The van der Waals surface area contributed by atoms with Crippen molar-refractivity contribution < 1.29 is 18.3 Å². The molecular formula is C16H20N2O4S2. The summed E-state index contributed by atoms with van der Waals surface area (Å²) in [6.45, 7) is 0.404. The van der Waals surface area contributed by atoms with E-state index in [0.717, 1.165) is 12.8 Å². The van der Waals surface area contributed by atoms with Crippen molar-refractivity contribution in [1.82, 2.24) is 9.29 Å². The lowest BCUT2D eigenvalue weighted by molar-refractivity contribution is 0.0689. The van der Waals surface area contributed by atoms with Gasteiger partial charge in [0, 0.05) is 18.1 Å². The number of thiazole rings is 1. The minimum atomic E-state index is -3.68. The van der Waals surface area contributed by atoms with Crippen LogP contribution in [0.2, 0.25) is 0 Å². The number of ether oxygens (including phenoxy) is 1. The zero-order chi connectivity index (χ0) is 17.2. The Labute approximate surface area is 145 Å². The van der Waals surface area contributed by atoms with Crippen molar-refractivity contribution in [2.24, 2.45) is 0 Å². The fourth-order valence-electron chi connectivity index (χ4n) is 2.97. The van der Waals surface area contributed by atoms with Crippen LogP contribution >= 0.6 is 11.3 Å². The number of benzene rings is 1. The van der Waals surface area contributed by atoms with Gasteiger partial charge in [-0.1, -0.05) is 6.42 Å². The van der Waals surface area contributed by atoms with Crippen LogP contribution < -0.4 is 4.74 Å². The van der Waals surface area contributed by atoms with Crippen LogP contribution in [0.3, 0.4) is 0 Å². The van der Waals surface area contributed by atoms with Crippen LogP contribution in [0.15, 0.2) is 40.7 Å². The standard InChI is InChI=1S/C16H20N2O4S2/c1-22-12-5-7-13(8-6-12)24(20,21)18-10-3-2-4-14(18)15(19)16-17-9-11-23-16/h5-9,11,14-15,19H,2-4,10H2,1H3. The summed E-state index contributed by atoms with van der Waals surface area (Å²) in [6, 6.07) is 5.84. The summed E-state index contributed by atoms with van der Waals surface area (Å²) in [5.74, 6) is 0.604. The van der Waals surface area contributed by atoms with Crippen LogP contribution in [0.4, 0.5) is 0 Å². The summed E-state index contributed by atoms with van der Waals surface area (Å²) < 4.78 is 32.6. The van der Waals surface area contributed by atoms with Gasteiger partial charge in [-0.25, -0.2) is 13.4 Å². The number of methoxy groups -OCH3 is 1. The molecule has 2 heterocycles. The first-order valence-electron chi connectivity index (χ1n) is 7.77. The van der Waals surface area contributed by atoms with Crippen LogP contribution in [-0.4, -0.2) is 42.5 Å². The molecule has 0 spiro atoms. The lowest BCUT2D eigenvalue weighted by Crippen LogP contribution is -2.46. The van der Waals surface area contributed by atoms with E-state index >= 15 is 0 Å². The van der Waals surface area contributed by atoms with Gasteiger partial charge in [-0.3, -0.25) is 0 Å². The van der Waals surface area contributed by atoms with E-state index in [9.17, 15) is 13.5 Å². The smallest absolute Gasteiger partial charge is 0.243 e. The van der Waals surface area contributed by atoms with E-state index in [1.54, 1.807) is 23.7 Å². The SMILES string of the molecule is COc1ccc(S(=O)(=O)N2CCCCC2C(O)c2nccs2)cc1. The largest absolute Gasteiger partial charge is 0.497 e. The van der Waals surface area contributed by atoms with E-state index in [-0.39, 0.29) is 4.90 Å². The van der Waals surface area contributed by atoms with Gasteiger partial charge in [0.05, 0.1) is 18.0 Å². The van der Waals surface area contributed by atoms with Crippen LogP contribution in [-0.2, 0) is 10.0 Å². The average Bonchev–Trinajstić information content (AvgIpc) is 3.16. The van der Waals surface area contributed by atoms with Gasteiger partial charge in [0.1, 0.15) is 16.9 Å². The summed E-state index contributed by atoms with van der Waals surface area (Å²) in [5, 5.41) is 13.0. The molecule has 6 nitrogen and oxygen atoms in total. The first kappa shape index (κ1) is 17.3. The average molecular weight is 368 g/mol. The molecule has 1 fully saturated rings. The Hall–Kier alpha value is -1.48. The molecule has 1 aliphatic rings. The maximum Gasteiger partial charge on any atom is 0.243 e. The molecule has 1 N–H and O–H groups in total. The molecule has 2 atom stereocenters. The summed E-state index contributed by atoms with van der Waals surface area (Å²) in [7, 11) is -2.14. The van der Waals surface area contributed by atoms with Crippen molar-refractivity contribution in [3.8, 4) is 5.75 Å². The molecule has 130 valence electrons. The Balaban J connectivity index is 1.91. The highest BCUT2D eigenvalue weighted by atomic mass is 32.2. The van der Waals surface area contributed by atoms with E-state index in [0.29, 0.717) is 23.7 Å². The molecule has 0 bridgehead atoms. The predicted molar refractivity (Wildman–Crippen MR) is 91.6 cm³/mol. The fraction of sp³-hybridized carbons (Fsp3) is 0.438. The molecule has 1 saturated heterocycles. The Morgan fingerprint density at radius 3 is 2.71 bits per heavy atom. The third-order valence-electron chi connectivity index (χ3n) is 4.23. The third-order valence-corrected chi connectivity index (χ3v) is 7.02. The van der Waals surface area contributed by atoms with E-state index in [2.05, 4.69) is 4.98 Å². The number of aliphatic hydroxyl groups excluding tert-OH is 1. The van der Waals surface area contributed by atoms with Gasteiger partial charge in [-0.05, 0) is 37.1 Å². The number of sulfonamides is 1. The van der Waals surface area contributed by atoms with Crippen LogP contribution in [0.5, 0.6) is 5.75 Å². The Morgan fingerprint density at radius 2 is 2.08 bits per heavy atom. The number of aromatic nitrogens is 1. The monoisotopic (exact) mass is 368 g/mol. The van der Waals surface area contributed by atoms with Crippen molar-refractivity contribution in [1.29, 1.82) is 0 Å². The first-order valence-corrected chi connectivity index (χ1v) is 10.1. The second kappa shape index (κ2) is 7.18.